The summed E-state index contributed by atoms with van der Waals surface area (Å²) in [6.45, 7) is 2.72. The van der Waals surface area contributed by atoms with Gasteiger partial charge in [-0.05, 0) is 40.7 Å². The zero-order chi connectivity index (χ0) is 13.1. The summed E-state index contributed by atoms with van der Waals surface area (Å²) in [5.41, 5.74) is 0. The molecular weight excluding hydrogens is 320 g/mol. The van der Waals surface area contributed by atoms with Gasteiger partial charge in [0.1, 0.15) is 16.7 Å². The van der Waals surface area contributed by atoms with Gasteiger partial charge in [0.05, 0.1) is 9.85 Å². The highest BCUT2D eigenvalue weighted by molar-refractivity contribution is 9.11. The molecule has 0 saturated heterocycles. The molecular formula is C11H11BrN2O3S. The lowest BCUT2D eigenvalue weighted by Crippen LogP contribution is -2.20. The molecule has 0 amide bonds. The average Bonchev–Trinajstić information content (AvgIpc) is 2.94. The normalized spacial score (nSPS) is 12.6. The Hall–Kier alpha value is -1.18. The molecule has 1 atom stereocenters. The summed E-state index contributed by atoms with van der Waals surface area (Å²) < 4.78 is 6.27. The second-order valence-electron chi connectivity index (χ2n) is 3.57. The van der Waals surface area contributed by atoms with Crippen molar-refractivity contribution in [3.8, 4) is 0 Å². The molecule has 0 radical (unpaired) electrons. The molecule has 0 fully saturated rings. The van der Waals surface area contributed by atoms with Crippen LogP contribution in [0.1, 0.15) is 23.6 Å². The Morgan fingerprint density at radius 3 is 2.78 bits per heavy atom. The first-order valence-corrected chi connectivity index (χ1v) is 6.95. The molecule has 1 unspecified atom stereocenters. The second-order valence-corrected chi connectivity index (χ2v) is 6.06. The monoisotopic (exact) mass is 330 g/mol. The van der Waals surface area contributed by atoms with E-state index in [0.717, 1.165) is 15.2 Å². The van der Waals surface area contributed by atoms with Crippen LogP contribution in [-0.4, -0.2) is 11.5 Å². The van der Waals surface area contributed by atoms with Gasteiger partial charge in [-0.1, -0.05) is 6.92 Å². The minimum Gasteiger partial charge on any atom is -0.404 e. The largest absolute Gasteiger partial charge is 0.433 e. The van der Waals surface area contributed by atoms with Gasteiger partial charge in [0, 0.05) is 4.88 Å². The molecule has 2 heterocycles. The first-order valence-electron chi connectivity index (χ1n) is 5.34. The molecule has 2 rings (SSSR count). The summed E-state index contributed by atoms with van der Waals surface area (Å²) in [6.07, 6.45) is 0. The van der Waals surface area contributed by atoms with Crippen molar-refractivity contribution in [1.29, 1.82) is 0 Å². The molecule has 5 nitrogen and oxygen atoms in total. The summed E-state index contributed by atoms with van der Waals surface area (Å²) >= 11 is 4.98. The van der Waals surface area contributed by atoms with Crippen LogP contribution in [0, 0.1) is 10.1 Å². The zero-order valence-electron chi connectivity index (χ0n) is 9.55. The number of nitro groups is 1. The van der Waals surface area contributed by atoms with Crippen molar-refractivity contribution >= 4 is 33.2 Å². The number of rotatable bonds is 5. The van der Waals surface area contributed by atoms with Crippen molar-refractivity contribution in [1.82, 2.24) is 5.32 Å². The Morgan fingerprint density at radius 1 is 1.50 bits per heavy atom. The van der Waals surface area contributed by atoms with Crippen molar-refractivity contribution in [3.05, 3.63) is 48.8 Å². The Balaban J connectivity index is 2.31. The average molecular weight is 331 g/mol. The van der Waals surface area contributed by atoms with Crippen LogP contribution < -0.4 is 5.32 Å². The predicted octanol–water partition coefficient (Wildman–Crippen LogP) is 3.71. The van der Waals surface area contributed by atoms with Crippen LogP contribution in [0.15, 0.2) is 32.5 Å². The van der Waals surface area contributed by atoms with Crippen molar-refractivity contribution < 1.29 is 9.34 Å². The summed E-state index contributed by atoms with van der Waals surface area (Å²) in [7, 11) is 0. The number of hydrogen-bond acceptors (Lipinski definition) is 5. The first kappa shape index (κ1) is 13.3. The highest BCUT2D eigenvalue weighted by Gasteiger charge is 2.21. The lowest BCUT2D eigenvalue weighted by atomic mass is 10.2. The smallest absolute Gasteiger partial charge is 0.404 e. The maximum atomic E-state index is 10.6. The van der Waals surface area contributed by atoms with E-state index in [1.807, 2.05) is 19.1 Å². The van der Waals surface area contributed by atoms with E-state index in [1.54, 1.807) is 17.4 Å². The molecule has 2 aromatic rings. The van der Waals surface area contributed by atoms with Gasteiger partial charge in [-0.25, -0.2) is 0 Å². The molecule has 2 aromatic heterocycles. The van der Waals surface area contributed by atoms with Crippen molar-refractivity contribution in [2.45, 2.75) is 13.0 Å². The maximum Gasteiger partial charge on any atom is 0.433 e. The number of nitrogens with zero attached hydrogens (tertiary/aromatic N) is 1. The topological polar surface area (TPSA) is 68.3 Å². The van der Waals surface area contributed by atoms with Crippen LogP contribution in [-0.2, 0) is 0 Å². The zero-order valence-corrected chi connectivity index (χ0v) is 12.0. The fourth-order valence-electron chi connectivity index (χ4n) is 1.62. The van der Waals surface area contributed by atoms with Gasteiger partial charge >= 0.3 is 5.88 Å². The third kappa shape index (κ3) is 2.80. The van der Waals surface area contributed by atoms with Crippen LogP contribution in [0.25, 0.3) is 0 Å². The first-order chi connectivity index (χ1) is 8.61. The van der Waals surface area contributed by atoms with Gasteiger partial charge in [-0.2, -0.15) is 0 Å². The van der Waals surface area contributed by atoms with Gasteiger partial charge in [0.15, 0.2) is 0 Å². The lowest BCUT2D eigenvalue weighted by molar-refractivity contribution is -0.402. The summed E-state index contributed by atoms with van der Waals surface area (Å²) in [5, 5.41) is 13.9. The number of furan rings is 1. The van der Waals surface area contributed by atoms with Gasteiger partial charge in [-0.3, -0.25) is 10.1 Å². The third-order valence-electron chi connectivity index (χ3n) is 2.36. The van der Waals surface area contributed by atoms with Crippen LogP contribution in [0.2, 0.25) is 0 Å². The van der Waals surface area contributed by atoms with E-state index in [4.69, 9.17) is 4.42 Å². The SMILES string of the molecule is CCNC(c1ccc([N+](=O)[O-])o1)c1ccc(Br)s1. The van der Waals surface area contributed by atoms with E-state index in [0.29, 0.717) is 5.76 Å². The van der Waals surface area contributed by atoms with Gasteiger partial charge in [0.25, 0.3) is 0 Å². The van der Waals surface area contributed by atoms with Crippen LogP contribution in [0.3, 0.4) is 0 Å². The van der Waals surface area contributed by atoms with Gasteiger partial charge in [0.2, 0.25) is 0 Å². The minimum absolute atomic E-state index is 0.153. The molecule has 0 aromatic carbocycles. The van der Waals surface area contributed by atoms with E-state index in [-0.39, 0.29) is 11.9 Å². The molecule has 0 aliphatic rings. The van der Waals surface area contributed by atoms with Gasteiger partial charge in [-0.15, -0.1) is 11.3 Å². The Labute approximate surface area is 116 Å². The molecule has 0 aliphatic carbocycles. The summed E-state index contributed by atoms with van der Waals surface area (Å²) in [5.74, 6) is 0.321. The Morgan fingerprint density at radius 2 is 2.28 bits per heavy atom. The molecule has 96 valence electrons. The summed E-state index contributed by atoms with van der Waals surface area (Å²) in [4.78, 5) is 11.1. The highest BCUT2D eigenvalue weighted by atomic mass is 79.9. The molecule has 0 spiro atoms. The standard InChI is InChI=1S/C11H11BrN2O3S/c1-2-13-11(8-4-5-9(12)18-8)7-3-6-10(17-7)14(15)16/h3-6,11,13H,2H2,1H3. The highest BCUT2D eigenvalue weighted by Crippen LogP contribution is 2.33. The van der Waals surface area contributed by atoms with Crippen molar-refractivity contribution in [2.24, 2.45) is 0 Å². The van der Waals surface area contributed by atoms with E-state index in [2.05, 4.69) is 21.2 Å². The van der Waals surface area contributed by atoms with Gasteiger partial charge < -0.3 is 9.73 Å². The van der Waals surface area contributed by atoms with E-state index in [1.165, 1.54) is 6.07 Å². The van der Waals surface area contributed by atoms with Crippen LogP contribution in [0.5, 0.6) is 0 Å². The quantitative estimate of drug-likeness (QED) is 0.670. The number of thiophene rings is 1. The second kappa shape index (κ2) is 5.64. The molecule has 0 aliphatic heterocycles. The number of nitrogens with one attached hydrogen (secondary N) is 1. The molecule has 0 bridgehead atoms. The third-order valence-corrected chi connectivity index (χ3v) is 4.05. The molecule has 0 saturated carbocycles. The minimum atomic E-state index is -0.531. The summed E-state index contributed by atoms with van der Waals surface area (Å²) in [6, 6.07) is 6.78. The van der Waals surface area contributed by atoms with Crippen LogP contribution >= 0.6 is 27.3 Å². The Bertz CT molecular complexity index is 552. The number of hydrogen-bond donors (Lipinski definition) is 1. The molecule has 1 N–H and O–H groups in total. The molecule has 7 heteroatoms. The lowest BCUT2D eigenvalue weighted by Gasteiger charge is -2.12. The van der Waals surface area contributed by atoms with Crippen molar-refractivity contribution in [2.75, 3.05) is 6.54 Å². The maximum absolute atomic E-state index is 10.6. The Kier molecular flexibility index (Phi) is 4.15. The van der Waals surface area contributed by atoms with E-state index < -0.39 is 4.92 Å². The van der Waals surface area contributed by atoms with E-state index in [9.17, 15) is 10.1 Å². The van der Waals surface area contributed by atoms with E-state index >= 15 is 0 Å². The fraction of sp³-hybridized carbons (Fsp3) is 0.273. The van der Waals surface area contributed by atoms with Crippen LogP contribution in [0.4, 0.5) is 5.88 Å². The predicted molar refractivity (Wildman–Crippen MR) is 72.9 cm³/mol. The fourth-order valence-corrected chi connectivity index (χ4v) is 3.13. The number of halogens is 1. The van der Waals surface area contributed by atoms with Crippen molar-refractivity contribution in [3.63, 3.8) is 0 Å². The molecule has 18 heavy (non-hydrogen) atoms.